The first kappa shape index (κ1) is 40.4. The minimum absolute atomic E-state index is 0.0485. The molecule has 0 aliphatic rings. The van der Waals surface area contributed by atoms with Gasteiger partial charge in [0.05, 0.1) is 6.54 Å². The van der Waals surface area contributed by atoms with Gasteiger partial charge in [-0.1, -0.05) is 32.9 Å². The highest BCUT2D eigenvalue weighted by atomic mass is 32.2. The monoisotopic (exact) mass is 688 g/mol. The van der Waals surface area contributed by atoms with Crippen LogP contribution in [0.25, 0.3) is 0 Å². The lowest BCUT2D eigenvalue weighted by Crippen LogP contribution is -2.57. The Morgan fingerprint density at radius 1 is 0.978 bits per heavy atom. The number of phosphoric acid groups is 1. The first-order valence-electron chi connectivity index (χ1n) is 14.6. The highest BCUT2D eigenvalue weighted by Gasteiger charge is 2.31. The predicted molar refractivity (Wildman–Crippen MR) is 171 cm³/mol. The van der Waals surface area contributed by atoms with Crippen LogP contribution < -0.4 is 31.9 Å². The van der Waals surface area contributed by atoms with Gasteiger partial charge in [-0.15, -0.1) is 0 Å². The lowest BCUT2D eigenvalue weighted by atomic mass is 10.0. The third kappa shape index (κ3) is 16.6. The zero-order chi connectivity index (χ0) is 35.0. The summed E-state index contributed by atoms with van der Waals surface area (Å²) in [5.74, 6) is -2.98. The Morgan fingerprint density at radius 2 is 1.61 bits per heavy atom. The van der Waals surface area contributed by atoms with Crippen LogP contribution in [-0.2, 0) is 39.8 Å². The molecule has 18 heteroatoms. The second-order valence-corrected chi connectivity index (χ2v) is 13.4. The van der Waals surface area contributed by atoms with Gasteiger partial charge in [0.2, 0.25) is 35.4 Å². The molecule has 0 aliphatic heterocycles. The first-order chi connectivity index (χ1) is 21.4. The van der Waals surface area contributed by atoms with E-state index in [1.54, 1.807) is 0 Å². The molecule has 16 nitrogen and oxygen atoms in total. The van der Waals surface area contributed by atoms with E-state index >= 15 is 0 Å². The van der Waals surface area contributed by atoms with Gasteiger partial charge in [-0.2, -0.15) is 11.8 Å². The molecule has 1 aromatic carbocycles. The molecule has 0 aliphatic carbocycles. The SMILES string of the molecule is CCSCCN(CC(=O)N[C@@H](CC(C)C)C(N)=O)C(=O)[C@H](CCC(N)=O)NC(=O)[C@H](Cc1ccc(OP(=O)(O)O)cc1)NC(C)=O. The molecule has 6 amide bonds. The van der Waals surface area contributed by atoms with Crippen LogP contribution >= 0.6 is 19.6 Å². The lowest BCUT2D eigenvalue weighted by molar-refractivity contribution is -0.140. The molecular weight excluding hydrogens is 643 g/mol. The topological polar surface area (TPSA) is 261 Å². The summed E-state index contributed by atoms with van der Waals surface area (Å²) in [7, 11) is -4.78. The molecular formula is C28H45N6O10PS. The molecule has 1 rings (SSSR count). The summed E-state index contributed by atoms with van der Waals surface area (Å²) in [5.41, 5.74) is 11.2. The number of hydrogen-bond acceptors (Lipinski definition) is 9. The van der Waals surface area contributed by atoms with Gasteiger partial charge in [0.25, 0.3) is 0 Å². The number of primary amides is 2. The fraction of sp³-hybridized carbons (Fsp3) is 0.571. The van der Waals surface area contributed by atoms with E-state index in [1.165, 1.54) is 47.9 Å². The third-order valence-corrected chi connectivity index (χ3v) is 7.65. The second-order valence-electron chi connectivity index (χ2n) is 10.9. The molecule has 0 saturated heterocycles. The largest absolute Gasteiger partial charge is 0.524 e. The van der Waals surface area contributed by atoms with Gasteiger partial charge in [-0.05, 0) is 42.2 Å². The van der Waals surface area contributed by atoms with E-state index in [9.17, 15) is 33.3 Å². The van der Waals surface area contributed by atoms with Crippen molar-refractivity contribution in [3.63, 3.8) is 0 Å². The van der Waals surface area contributed by atoms with E-state index in [1.807, 2.05) is 20.8 Å². The number of carbonyl (C=O) groups is 6. The summed E-state index contributed by atoms with van der Waals surface area (Å²) in [5, 5.41) is 7.64. The standard InChI is InChI=1S/C28H45N6O10PS/c1-5-46-13-12-34(16-25(37)32-22(26(30)38)14-17(2)3)28(40)21(10-11-24(29)36)33-27(39)23(31-18(4)35)15-19-6-8-20(9-7-19)44-45(41,42)43/h6-9,17,21-23H,5,10-16H2,1-4H3,(H2,29,36)(H2,30,38)(H,31,35)(H,32,37)(H,33,39)(H2,41,42,43)/t21-,22-,23-/m0/s1. The highest BCUT2D eigenvalue weighted by Crippen LogP contribution is 2.37. The molecule has 1 aromatic rings. The van der Waals surface area contributed by atoms with E-state index in [0.29, 0.717) is 17.7 Å². The van der Waals surface area contributed by atoms with Crippen LogP contribution in [-0.4, -0.2) is 92.9 Å². The Labute approximate surface area is 272 Å². The van der Waals surface area contributed by atoms with E-state index in [-0.39, 0.29) is 37.5 Å². The summed E-state index contributed by atoms with van der Waals surface area (Å²) < 4.78 is 15.6. The Bertz CT molecular complexity index is 1260. The second kappa shape index (κ2) is 19.8. The molecule has 0 saturated carbocycles. The number of amides is 6. The molecule has 258 valence electrons. The average Bonchev–Trinajstić information content (AvgIpc) is 2.93. The maximum absolute atomic E-state index is 13.8. The minimum Gasteiger partial charge on any atom is -0.404 e. The highest BCUT2D eigenvalue weighted by molar-refractivity contribution is 7.99. The zero-order valence-electron chi connectivity index (χ0n) is 26.4. The van der Waals surface area contributed by atoms with Gasteiger partial charge in [0.15, 0.2) is 0 Å². The van der Waals surface area contributed by atoms with Gasteiger partial charge < -0.3 is 36.8 Å². The van der Waals surface area contributed by atoms with Crippen LogP contribution in [0.15, 0.2) is 24.3 Å². The molecule has 0 heterocycles. The summed E-state index contributed by atoms with van der Waals surface area (Å²) in [4.78, 5) is 94.9. The van der Waals surface area contributed by atoms with E-state index in [4.69, 9.17) is 21.3 Å². The summed E-state index contributed by atoms with van der Waals surface area (Å²) in [6, 6.07) is 1.97. The molecule has 0 aromatic heterocycles. The lowest BCUT2D eigenvalue weighted by Gasteiger charge is -2.29. The quantitative estimate of drug-likeness (QED) is 0.0643. The Hall–Kier alpha value is -3.66. The number of benzene rings is 1. The van der Waals surface area contributed by atoms with Crippen molar-refractivity contribution in [3.8, 4) is 5.75 Å². The summed E-state index contributed by atoms with van der Waals surface area (Å²) in [6.45, 7) is 6.48. The van der Waals surface area contributed by atoms with Crippen LogP contribution in [0.4, 0.5) is 0 Å². The maximum atomic E-state index is 13.8. The summed E-state index contributed by atoms with van der Waals surface area (Å²) >= 11 is 1.51. The van der Waals surface area contributed by atoms with Crippen molar-refractivity contribution in [2.45, 2.75) is 71.5 Å². The van der Waals surface area contributed by atoms with Crippen molar-refractivity contribution in [3.05, 3.63) is 29.8 Å². The number of thioether (sulfide) groups is 1. The number of nitrogens with one attached hydrogen (secondary N) is 3. The van der Waals surface area contributed by atoms with Gasteiger partial charge in [-0.25, -0.2) is 4.57 Å². The van der Waals surface area contributed by atoms with Gasteiger partial charge in [0, 0.05) is 32.1 Å². The number of nitrogens with two attached hydrogens (primary N) is 2. The van der Waals surface area contributed by atoms with E-state index < -0.39 is 67.9 Å². The van der Waals surface area contributed by atoms with Crippen molar-refractivity contribution in [2.75, 3.05) is 24.6 Å². The number of hydrogen-bond donors (Lipinski definition) is 7. The van der Waals surface area contributed by atoms with Gasteiger partial charge >= 0.3 is 7.82 Å². The van der Waals surface area contributed by atoms with Crippen LogP contribution in [0.1, 0.15) is 52.5 Å². The molecule has 46 heavy (non-hydrogen) atoms. The molecule has 0 spiro atoms. The minimum atomic E-state index is -4.78. The predicted octanol–water partition coefficient (Wildman–Crippen LogP) is -0.446. The molecule has 0 fully saturated rings. The summed E-state index contributed by atoms with van der Waals surface area (Å²) in [6.07, 6.45) is -0.258. The molecule has 0 unspecified atom stereocenters. The normalized spacial score (nSPS) is 13.2. The van der Waals surface area contributed by atoms with Crippen molar-refractivity contribution in [2.24, 2.45) is 17.4 Å². The van der Waals surface area contributed by atoms with Crippen molar-refractivity contribution < 1.29 is 47.6 Å². The molecule has 9 N–H and O–H groups in total. The van der Waals surface area contributed by atoms with Crippen LogP contribution in [0.5, 0.6) is 5.75 Å². The van der Waals surface area contributed by atoms with Crippen LogP contribution in [0.2, 0.25) is 0 Å². The van der Waals surface area contributed by atoms with Crippen LogP contribution in [0, 0.1) is 5.92 Å². The fourth-order valence-electron chi connectivity index (χ4n) is 4.27. The molecule has 0 radical (unpaired) electrons. The Kier molecular flexibility index (Phi) is 17.3. The first-order valence-corrected chi connectivity index (χ1v) is 17.2. The number of nitrogens with zero attached hydrogens (tertiary/aromatic N) is 1. The molecule has 0 bridgehead atoms. The average molecular weight is 689 g/mol. The number of carbonyl (C=O) groups excluding carboxylic acids is 6. The number of rotatable bonds is 21. The van der Waals surface area contributed by atoms with E-state index in [2.05, 4.69) is 20.5 Å². The third-order valence-electron chi connectivity index (χ3n) is 6.32. The van der Waals surface area contributed by atoms with Crippen molar-refractivity contribution in [1.29, 1.82) is 0 Å². The molecule has 3 atom stereocenters. The van der Waals surface area contributed by atoms with Gasteiger partial charge in [-0.3, -0.25) is 38.6 Å². The fourth-order valence-corrected chi connectivity index (χ4v) is 5.30. The van der Waals surface area contributed by atoms with Crippen LogP contribution in [0.3, 0.4) is 0 Å². The van der Waals surface area contributed by atoms with E-state index in [0.717, 1.165) is 5.75 Å². The Balaban J connectivity index is 3.24. The van der Waals surface area contributed by atoms with Crippen molar-refractivity contribution >= 4 is 55.0 Å². The van der Waals surface area contributed by atoms with Crippen molar-refractivity contribution in [1.82, 2.24) is 20.9 Å². The maximum Gasteiger partial charge on any atom is 0.524 e. The zero-order valence-corrected chi connectivity index (χ0v) is 28.1. The smallest absolute Gasteiger partial charge is 0.404 e. The van der Waals surface area contributed by atoms with Gasteiger partial charge in [0.1, 0.15) is 23.9 Å². The number of phosphoric ester groups is 1. The Morgan fingerprint density at radius 3 is 2.11 bits per heavy atom.